The molecule has 1 aliphatic rings. The molecule has 2 N–H and O–H groups in total. The van der Waals surface area contributed by atoms with Crippen molar-refractivity contribution in [1.29, 1.82) is 0 Å². The van der Waals surface area contributed by atoms with E-state index < -0.39 is 16.0 Å². The summed E-state index contributed by atoms with van der Waals surface area (Å²) < 4.78 is 38.4. The van der Waals surface area contributed by atoms with E-state index in [9.17, 15) is 13.2 Å². The maximum Gasteiger partial charge on any atom is 0.335 e. The number of carboxylic acids is 1. The van der Waals surface area contributed by atoms with Crippen LogP contribution in [0.1, 0.15) is 22.0 Å². The molecule has 144 valence electrons. The summed E-state index contributed by atoms with van der Waals surface area (Å²) in [6.45, 7) is 0.268. The third-order valence-corrected chi connectivity index (χ3v) is 5.68. The van der Waals surface area contributed by atoms with Crippen LogP contribution in [0, 0.1) is 0 Å². The first-order chi connectivity index (χ1) is 12.8. The van der Waals surface area contributed by atoms with E-state index in [0.717, 1.165) is 11.6 Å². The number of rotatable bonds is 7. The molecule has 0 saturated heterocycles. The summed E-state index contributed by atoms with van der Waals surface area (Å²) in [5.74, 6) is 0.0947. The minimum Gasteiger partial charge on any atom is -0.478 e. The van der Waals surface area contributed by atoms with E-state index in [0.29, 0.717) is 11.5 Å². The highest BCUT2D eigenvalue weighted by Gasteiger charge is 2.23. The molecule has 0 aliphatic carbocycles. The van der Waals surface area contributed by atoms with Crippen molar-refractivity contribution >= 4 is 16.0 Å². The number of hydrogen-bond donors (Lipinski definition) is 2. The quantitative estimate of drug-likeness (QED) is 0.739. The third kappa shape index (κ3) is 4.21. The van der Waals surface area contributed by atoms with Crippen molar-refractivity contribution in [3.05, 3.63) is 53.6 Å². The van der Waals surface area contributed by atoms with Gasteiger partial charge >= 0.3 is 5.97 Å². The number of likely N-dealkylation sites (N-methyl/N-ethyl adjacent to an activating group) is 1. The van der Waals surface area contributed by atoms with E-state index in [1.165, 1.54) is 18.2 Å². The van der Waals surface area contributed by atoms with E-state index in [4.69, 9.17) is 14.6 Å². The van der Waals surface area contributed by atoms with Crippen molar-refractivity contribution in [2.45, 2.75) is 10.9 Å². The molecule has 0 aromatic heterocycles. The molecule has 2 aromatic rings. The number of fused-ring (bicyclic) bond motifs is 1. The van der Waals surface area contributed by atoms with Gasteiger partial charge in [0.2, 0.25) is 16.8 Å². The van der Waals surface area contributed by atoms with E-state index in [1.54, 1.807) is 6.07 Å². The number of carbonyl (C=O) groups is 1. The highest BCUT2D eigenvalue weighted by atomic mass is 32.2. The van der Waals surface area contributed by atoms with Gasteiger partial charge in [-0.05, 0) is 50.0 Å². The molecule has 1 unspecified atom stereocenters. The van der Waals surface area contributed by atoms with Gasteiger partial charge in [-0.2, -0.15) is 0 Å². The molecule has 0 fully saturated rings. The molecule has 27 heavy (non-hydrogen) atoms. The lowest BCUT2D eigenvalue weighted by molar-refractivity contribution is 0.0696. The number of nitrogens with zero attached hydrogens (tertiary/aromatic N) is 1. The van der Waals surface area contributed by atoms with Crippen LogP contribution in [0.4, 0.5) is 0 Å². The summed E-state index contributed by atoms with van der Waals surface area (Å²) in [6.07, 6.45) is 0. The lowest BCUT2D eigenvalue weighted by Gasteiger charge is -2.25. The Morgan fingerprint density at radius 1 is 1.19 bits per heavy atom. The fraction of sp³-hybridized carbons (Fsp3) is 0.278. The van der Waals surface area contributed by atoms with Gasteiger partial charge in [-0.3, -0.25) is 0 Å². The van der Waals surface area contributed by atoms with Crippen molar-refractivity contribution in [3.8, 4) is 11.5 Å². The summed E-state index contributed by atoms with van der Waals surface area (Å²) in [4.78, 5) is 12.9. The average molecular weight is 392 g/mol. The Labute approximate surface area is 157 Å². The maximum absolute atomic E-state index is 12.6. The summed E-state index contributed by atoms with van der Waals surface area (Å²) >= 11 is 0. The molecule has 9 heteroatoms. The number of benzene rings is 2. The Bertz CT molecular complexity index is 958. The Morgan fingerprint density at radius 3 is 2.63 bits per heavy atom. The average Bonchev–Trinajstić information content (AvgIpc) is 3.09. The van der Waals surface area contributed by atoms with Gasteiger partial charge in [-0.25, -0.2) is 17.9 Å². The van der Waals surface area contributed by atoms with Gasteiger partial charge in [0.25, 0.3) is 0 Å². The van der Waals surface area contributed by atoms with Crippen LogP contribution in [0.25, 0.3) is 0 Å². The number of ether oxygens (including phenoxy) is 2. The first-order valence-electron chi connectivity index (χ1n) is 8.17. The molecule has 0 spiro atoms. The van der Waals surface area contributed by atoms with Crippen molar-refractivity contribution in [3.63, 3.8) is 0 Å². The molecule has 2 aromatic carbocycles. The number of sulfonamides is 1. The van der Waals surface area contributed by atoms with Crippen LogP contribution >= 0.6 is 0 Å². The second-order valence-electron chi connectivity index (χ2n) is 6.28. The number of hydrogen-bond acceptors (Lipinski definition) is 6. The van der Waals surface area contributed by atoms with Crippen LogP contribution in [0.3, 0.4) is 0 Å². The largest absolute Gasteiger partial charge is 0.478 e. The smallest absolute Gasteiger partial charge is 0.335 e. The minimum absolute atomic E-state index is 0.0854. The maximum atomic E-state index is 12.6. The van der Waals surface area contributed by atoms with Crippen molar-refractivity contribution in [1.82, 2.24) is 9.62 Å². The Balaban J connectivity index is 1.79. The van der Waals surface area contributed by atoms with Gasteiger partial charge < -0.3 is 19.5 Å². The lowest BCUT2D eigenvalue weighted by Crippen LogP contribution is -2.34. The van der Waals surface area contributed by atoms with Crippen LogP contribution in [0.5, 0.6) is 11.5 Å². The van der Waals surface area contributed by atoms with Crippen molar-refractivity contribution < 1.29 is 27.8 Å². The zero-order valence-corrected chi connectivity index (χ0v) is 15.7. The van der Waals surface area contributed by atoms with Crippen molar-refractivity contribution in [2.24, 2.45) is 0 Å². The fourth-order valence-electron chi connectivity index (χ4n) is 2.79. The normalized spacial score (nSPS) is 14.3. The van der Waals surface area contributed by atoms with Gasteiger partial charge in [0, 0.05) is 12.6 Å². The van der Waals surface area contributed by atoms with E-state index in [1.807, 2.05) is 31.1 Å². The molecule has 8 nitrogen and oxygen atoms in total. The first-order valence-corrected chi connectivity index (χ1v) is 9.65. The molecule has 0 saturated carbocycles. The predicted molar refractivity (Wildman–Crippen MR) is 97.6 cm³/mol. The van der Waals surface area contributed by atoms with Gasteiger partial charge in [0.15, 0.2) is 11.5 Å². The second-order valence-corrected chi connectivity index (χ2v) is 8.04. The standard InChI is InChI=1S/C18H20N2O6S/c1-20(2)15(12-6-7-16-17(9-12)26-11-25-16)10-19-27(23,24)14-5-3-4-13(8-14)18(21)22/h3-9,15,19H,10-11H2,1-2H3,(H,21,22). The molecule has 0 radical (unpaired) electrons. The summed E-state index contributed by atoms with van der Waals surface area (Å²) in [5, 5.41) is 9.05. The summed E-state index contributed by atoms with van der Waals surface area (Å²) in [7, 11) is -0.177. The topological polar surface area (TPSA) is 105 Å². The fourth-order valence-corrected chi connectivity index (χ4v) is 3.87. The molecule has 1 aliphatic heterocycles. The Morgan fingerprint density at radius 2 is 1.93 bits per heavy atom. The van der Waals surface area contributed by atoms with E-state index >= 15 is 0 Å². The van der Waals surface area contributed by atoms with Crippen LogP contribution in [-0.2, 0) is 10.0 Å². The van der Waals surface area contributed by atoms with Crippen LogP contribution in [-0.4, -0.2) is 51.8 Å². The highest BCUT2D eigenvalue weighted by Crippen LogP contribution is 2.35. The molecule has 0 bridgehead atoms. The molecule has 1 atom stereocenters. The summed E-state index contributed by atoms with van der Waals surface area (Å²) in [6, 6.07) is 10.5. The Kier molecular flexibility index (Phi) is 5.36. The molecule has 1 heterocycles. The zero-order valence-electron chi connectivity index (χ0n) is 14.9. The predicted octanol–water partition coefficient (Wildman–Crippen LogP) is 1.69. The SMILES string of the molecule is CN(C)C(CNS(=O)(=O)c1cccc(C(=O)O)c1)c1ccc2c(c1)OCO2. The van der Waals surface area contributed by atoms with Gasteiger partial charge in [0.1, 0.15) is 0 Å². The number of nitrogens with one attached hydrogen (secondary N) is 1. The van der Waals surface area contributed by atoms with Crippen LogP contribution < -0.4 is 14.2 Å². The first kappa shape index (κ1) is 19.2. The molecular weight excluding hydrogens is 372 g/mol. The third-order valence-electron chi connectivity index (χ3n) is 4.26. The second kappa shape index (κ2) is 7.55. The van der Waals surface area contributed by atoms with Crippen LogP contribution in [0.15, 0.2) is 47.4 Å². The lowest BCUT2D eigenvalue weighted by atomic mass is 10.1. The number of carboxylic acid groups (broad SMARTS) is 1. The highest BCUT2D eigenvalue weighted by molar-refractivity contribution is 7.89. The van der Waals surface area contributed by atoms with E-state index in [-0.39, 0.29) is 29.8 Å². The summed E-state index contributed by atoms with van der Waals surface area (Å²) in [5.41, 5.74) is 0.782. The molecule has 3 rings (SSSR count). The minimum atomic E-state index is -3.86. The molecule has 0 amide bonds. The van der Waals surface area contributed by atoms with Crippen LogP contribution in [0.2, 0.25) is 0 Å². The van der Waals surface area contributed by atoms with Crippen molar-refractivity contribution in [2.75, 3.05) is 27.4 Å². The number of aromatic carboxylic acids is 1. The van der Waals surface area contributed by atoms with Gasteiger partial charge in [-0.1, -0.05) is 12.1 Å². The Hall–Kier alpha value is -2.62. The van der Waals surface area contributed by atoms with E-state index in [2.05, 4.69) is 4.72 Å². The monoisotopic (exact) mass is 392 g/mol. The van der Waals surface area contributed by atoms with Gasteiger partial charge in [-0.15, -0.1) is 0 Å². The van der Waals surface area contributed by atoms with Gasteiger partial charge in [0.05, 0.1) is 10.5 Å². The zero-order chi connectivity index (χ0) is 19.6. The molecular formula is C18H20N2O6S.